The molecule has 0 spiro atoms. The van der Waals surface area contributed by atoms with Crippen LogP contribution in [-0.2, 0) is 6.54 Å². The molecule has 1 aliphatic heterocycles. The number of aliphatic hydroxyl groups excluding tert-OH is 2. The first-order valence-corrected chi connectivity index (χ1v) is 13.2. The molecule has 7 heteroatoms. The zero-order chi connectivity index (χ0) is 26.8. The summed E-state index contributed by atoms with van der Waals surface area (Å²) < 4.78 is 13.6. The predicted molar refractivity (Wildman–Crippen MR) is 152 cm³/mol. The summed E-state index contributed by atoms with van der Waals surface area (Å²) in [6.07, 6.45) is 3.24. The molecule has 39 heavy (non-hydrogen) atoms. The summed E-state index contributed by atoms with van der Waals surface area (Å²) in [5.41, 5.74) is 9.82. The van der Waals surface area contributed by atoms with Crippen molar-refractivity contribution in [2.75, 3.05) is 26.4 Å². The van der Waals surface area contributed by atoms with Crippen LogP contribution in [0, 0.1) is 6.92 Å². The smallest absolute Gasteiger partial charge is 0.161 e. The minimum absolute atomic E-state index is 0.243. The van der Waals surface area contributed by atoms with Crippen LogP contribution in [0.15, 0.2) is 85.2 Å². The fourth-order valence-corrected chi connectivity index (χ4v) is 5.07. The molecule has 7 nitrogen and oxygen atoms in total. The zero-order valence-corrected chi connectivity index (χ0v) is 21.8. The highest BCUT2D eigenvalue weighted by atomic mass is 16.6. The molecule has 1 aliphatic rings. The van der Waals surface area contributed by atoms with Gasteiger partial charge < -0.3 is 25.0 Å². The predicted octanol–water partition coefficient (Wildman–Crippen LogP) is 4.86. The van der Waals surface area contributed by atoms with E-state index in [0.29, 0.717) is 26.3 Å². The molecule has 0 aliphatic carbocycles. The number of nitrogens with one attached hydrogen (secondary N) is 1. The Balaban J connectivity index is 1.25. The van der Waals surface area contributed by atoms with E-state index < -0.39 is 6.10 Å². The number of benzene rings is 3. The molecular weight excluding hydrogens is 490 g/mol. The van der Waals surface area contributed by atoms with Crippen molar-refractivity contribution in [3.63, 3.8) is 0 Å². The van der Waals surface area contributed by atoms with E-state index in [-0.39, 0.29) is 6.61 Å². The summed E-state index contributed by atoms with van der Waals surface area (Å²) in [4.78, 5) is 4.71. The minimum atomic E-state index is -0.744. The molecule has 0 radical (unpaired) electrons. The van der Waals surface area contributed by atoms with Gasteiger partial charge >= 0.3 is 0 Å². The maximum atomic E-state index is 9.49. The van der Waals surface area contributed by atoms with Crippen LogP contribution >= 0.6 is 0 Å². The van der Waals surface area contributed by atoms with Crippen LogP contribution in [0.4, 0.5) is 0 Å². The molecule has 0 fully saturated rings. The molecule has 3 aromatic carbocycles. The van der Waals surface area contributed by atoms with Crippen LogP contribution in [0.5, 0.6) is 11.5 Å². The second kappa shape index (κ2) is 10.9. The number of imidazole rings is 1. The Labute approximate surface area is 227 Å². The lowest BCUT2D eigenvalue weighted by atomic mass is 9.93. The summed E-state index contributed by atoms with van der Waals surface area (Å²) in [5.74, 6) is 1.59. The summed E-state index contributed by atoms with van der Waals surface area (Å²) >= 11 is 0. The number of aliphatic hydroxyl groups is 2. The third-order valence-electron chi connectivity index (χ3n) is 7.18. The standard InChI is InChI=1S/C32H31N3O4/c1-21-27(24-9-10-30-31(15-24)39-14-13-38-30)3-2-4-28(21)25-11-12-35-29(19-34-32(35)16-25)23-7-5-22(6-8-23)17-33-18-26(37)20-36/h2-12,15-16,19,26,33,36-37H,13-14,17-18,20H2,1H3/t26-/m0/s1. The van der Waals surface area contributed by atoms with Crippen LogP contribution in [-0.4, -0.2) is 52.1 Å². The third kappa shape index (κ3) is 5.12. The van der Waals surface area contributed by atoms with Crippen molar-refractivity contribution in [1.82, 2.24) is 14.7 Å². The summed E-state index contributed by atoms with van der Waals surface area (Å²) in [6.45, 7) is 4.04. The van der Waals surface area contributed by atoms with E-state index in [2.05, 4.69) is 89.6 Å². The molecule has 6 rings (SSSR count). The van der Waals surface area contributed by atoms with Crippen LogP contribution in [0.25, 0.3) is 39.2 Å². The van der Waals surface area contributed by atoms with Crippen molar-refractivity contribution in [3.05, 3.63) is 96.3 Å². The van der Waals surface area contributed by atoms with Crippen molar-refractivity contribution in [2.45, 2.75) is 19.6 Å². The van der Waals surface area contributed by atoms with Gasteiger partial charge in [-0.3, -0.25) is 4.40 Å². The van der Waals surface area contributed by atoms with Crippen molar-refractivity contribution < 1.29 is 19.7 Å². The Kier molecular flexibility index (Phi) is 7.02. The quantitative estimate of drug-likeness (QED) is 0.270. The maximum Gasteiger partial charge on any atom is 0.161 e. The van der Waals surface area contributed by atoms with Gasteiger partial charge in [-0.15, -0.1) is 0 Å². The number of aromatic nitrogens is 2. The SMILES string of the molecule is Cc1c(-c2ccc3c(c2)OCCO3)cccc1-c1ccn2c(-c3ccc(CNC[C@H](O)CO)cc3)cnc2c1. The lowest BCUT2D eigenvalue weighted by Gasteiger charge is -2.19. The Bertz CT molecular complexity index is 1610. The van der Waals surface area contributed by atoms with Gasteiger partial charge in [0, 0.05) is 24.8 Å². The number of nitrogens with zero attached hydrogens (tertiary/aromatic N) is 2. The molecule has 1 atom stereocenters. The van der Waals surface area contributed by atoms with Gasteiger partial charge in [0.15, 0.2) is 11.5 Å². The molecule has 5 aromatic rings. The molecule has 3 heterocycles. The topological polar surface area (TPSA) is 88.2 Å². The number of hydrogen-bond donors (Lipinski definition) is 3. The van der Waals surface area contributed by atoms with Crippen molar-refractivity contribution in [2.24, 2.45) is 0 Å². The number of rotatable bonds is 8. The Morgan fingerprint density at radius 2 is 1.62 bits per heavy atom. The van der Waals surface area contributed by atoms with Gasteiger partial charge in [0.05, 0.1) is 24.6 Å². The normalized spacial score (nSPS) is 13.5. The van der Waals surface area contributed by atoms with E-state index in [4.69, 9.17) is 19.6 Å². The Morgan fingerprint density at radius 3 is 2.38 bits per heavy atom. The first-order chi connectivity index (χ1) is 19.1. The van der Waals surface area contributed by atoms with Crippen LogP contribution < -0.4 is 14.8 Å². The fraction of sp³-hybridized carbons (Fsp3) is 0.219. The lowest BCUT2D eigenvalue weighted by Crippen LogP contribution is -2.28. The van der Waals surface area contributed by atoms with Gasteiger partial charge in [-0.1, -0.05) is 48.5 Å². The Hall–Kier alpha value is -4.17. The van der Waals surface area contributed by atoms with E-state index in [1.54, 1.807) is 0 Å². The monoisotopic (exact) mass is 521 g/mol. The average Bonchev–Trinajstić information content (AvgIpc) is 3.40. The summed E-state index contributed by atoms with van der Waals surface area (Å²) in [5, 5.41) is 21.6. The van der Waals surface area contributed by atoms with Gasteiger partial charge in [0.1, 0.15) is 18.9 Å². The number of ether oxygens (including phenoxy) is 2. The first kappa shape index (κ1) is 25.1. The van der Waals surface area contributed by atoms with Gasteiger partial charge in [-0.2, -0.15) is 0 Å². The van der Waals surface area contributed by atoms with Gasteiger partial charge in [-0.25, -0.2) is 4.98 Å². The van der Waals surface area contributed by atoms with E-state index >= 15 is 0 Å². The number of hydrogen-bond acceptors (Lipinski definition) is 6. The molecule has 0 saturated carbocycles. The maximum absolute atomic E-state index is 9.49. The van der Waals surface area contributed by atoms with Gasteiger partial charge in [-0.05, 0) is 64.6 Å². The molecule has 198 valence electrons. The minimum Gasteiger partial charge on any atom is -0.486 e. The van der Waals surface area contributed by atoms with Crippen molar-refractivity contribution in [3.8, 4) is 45.0 Å². The van der Waals surface area contributed by atoms with E-state index in [1.807, 2.05) is 12.3 Å². The Morgan fingerprint density at radius 1 is 0.897 bits per heavy atom. The van der Waals surface area contributed by atoms with Crippen molar-refractivity contribution in [1.29, 1.82) is 0 Å². The molecule has 0 unspecified atom stereocenters. The molecule has 0 amide bonds. The fourth-order valence-electron chi connectivity index (χ4n) is 5.07. The van der Waals surface area contributed by atoms with Crippen LogP contribution in [0.1, 0.15) is 11.1 Å². The first-order valence-electron chi connectivity index (χ1n) is 13.2. The second-order valence-electron chi connectivity index (χ2n) is 9.79. The molecular formula is C32H31N3O4. The summed E-state index contributed by atoms with van der Waals surface area (Å²) in [6, 6.07) is 25.1. The number of fused-ring (bicyclic) bond motifs is 2. The lowest BCUT2D eigenvalue weighted by molar-refractivity contribution is 0.0942. The number of pyridine rings is 1. The van der Waals surface area contributed by atoms with E-state index in [0.717, 1.165) is 56.2 Å². The molecule has 0 bridgehead atoms. The highest BCUT2D eigenvalue weighted by Gasteiger charge is 2.15. The highest BCUT2D eigenvalue weighted by molar-refractivity contribution is 5.80. The van der Waals surface area contributed by atoms with Crippen LogP contribution in [0.3, 0.4) is 0 Å². The second-order valence-corrected chi connectivity index (χ2v) is 9.79. The van der Waals surface area contributed by atoms with Crippen LogP contribution in [0.2, 0.25) is 0 Å². The average molecular weight is 522 g/mol. The molecule has 0 saturated heterocycles. The largest absolute Gasteiger partial charge is 0.486 e. The van der Waals surface area contributed by atoms with Gasteiger partial charge in [0.25, 0.3) is 0 Å². The van der Waals surface area contributed by atoms with Crippen molar-refractivity contribution >= 4 is 5.65 Å². The van der Waals surface area contributed by atoms with E-state index in [9.17, 15) is 5.11 Å². The highest BCUT2D eigenvalue weighted by Crippen LogP contribution is 2.38. The molecule has 2 aromatic heterocycles. The molecule has 3 N–H and O–H groups in total. The van der Waals surface area contributed by atoms with E-state index in [1.165, 1.54) is 5.56 Å². The summed E-state index contributed by atoms with van der Waals surface area (Å²) in [7, 11) is 0. The third-order valence-corrected chi connectivity index (χ3v) is 7.18. The zero-order valence-electron chi connectivity index (χ0n) is 21.8. The van der Waals surface area contributed by atoms with Gasteiger partial charge in [0.2, 0.25) is 0 Å².